The molecule has 7 nitrogen and oxygen atoms in total. The van der Waals surface area contributed by atoms with Gasteiger partial charge in [0.1, 0.15) is 12.8 Å². The van der Waals surface area contributed by atoms with E-state index >= 15 is 0 Å². The van der Waals surface area contributed by atoms with Gasteiger partial charge in [0.15, 0.2) is 5.82 Å². The third-order valence-electron chi connectivity index (χ3n) is 4.53. The zero-order valence-corrected chi connectivity index (χ0v) is 15.8. The number of carbonyl (C=O) groups excluding carboxylic acids is 2. The number of likely N-dealkylation sites (tertiary alicyclic amines) is 1. The molecule has 0 aliphatic carbocycles. The summed E-state index contributed by atoms with van der Waals surface area (Å²) in [6.45, 7) is 3.21. The molecule has 27 heavy (non-hydrogen) atoms. The molecule has 1 fully saturated rings. The summed E-state index contributed by atoms with van der Waals surface area (Å²) in [5.41, 5.74) is 0.468. The number of aromatic nitrogens is 1. The Morgan fingerprint density at radius 3 is 2.74 bits per heavy atom. The van der Waals surface area contributed by atoms with Crippen LogP contribution in [0.25, 0.3) is 0 Å². The number of carbonyl (C=O) groups is 2. The lowest BCUT2D eigenvalue weighted by Crippen LogP contribution is -2.43. The van der Waals surface area contributed by atoms with Crippen LogP contribution in [0.5, 0.6) is 0 Å². The fraction of sp³-hybridized carbons (Fsp3) is 0.421. The summed E-state index contributed by atoms with van der Waals surface area (Å²) in [4.78, 5) is 29.2. The van der Waals surface area contributed by atoms with Gasteiger partial charge < -0.3 is 19.6 Å². The number of hydrogen-bond donors (Lipinski definition) is 1. The second-order valence-electron chi connectivity index (χ2n) is 6.57. The summed E-state index contributed by atoms with van der Waals surface area (Å²) in [5, 5.41) is 6.78. The molecule has 2 amide bonds. The van der Waals surface area contributed by atoms with E-state index < -0.39 is 0 Å². The minimum absolute atomic E-state index is 0.0634. The number of nitrogens with one attached hydrogen (secondary N) is 1. The van der Waals surface area contributed by atoms with E-state index in [0.717, 1.165) is 19.6 Å². The number of hydrogen-bond acceptors (Lipinski definition) is 5. The Labute approximate surface area is 163 Å². The van der Waals surface area contributed by atoms with E-state index in [1.165, 1.54) is 25.5 Å². The van der Waals surface area contributed by atoms with Gasteiger partial charge >= 0.3 is 0 Å². The van der Waals surface area contributed by atoms with Crippen LogP contribution in [-0.2, 0) is 4.79 Å². The highest BCUT2D eigenvalue weighted by atomic mass is 35.5. The summed E-state index contributed by atoms with van der Waals surface area (Å²) in [6, 6.07) is 8.32. The first kappa shape index (κ1) is 19.4. The highest BCUT2D eigenvalue weighted by Crippen LogP contribution is 2.14. The van der Waals surface area contributed by atoms with Crippen LogP contribution in [0.15, 0.2) is 41.1 Å². The van der Waals surface area contributed by atoms with E-state index in [-0.39, 0.29) is 18.4 Å². The fourth-order valence-electron chi connectivity index (χ4n) is 3.13. The monoisotopic (exact) mass is 390 g/mol. The summed E-state index contributed by atoms with van der Waals surface area (Å²) in [5.74, 6) is -0.214. The summed E-state index contributed by atoms with van der Waals surface area (Å²) < 4.78 is 4.71. The predicted molar refractivity (Wildman–Crippen MR) is 103 cm³/mol. The van der Waals surface area contributed by atoms with E-state index in [9.17, 15) is 9.59 Å². The molecular weight excluding hydrogens is 368 g/mol. The van der Waals surface area contributed by atoms with Crippen molar-refractivity contribution in [2.75, 3.05) is 38.0 Å². The average Bonchev–Trinajstić information content (AvgIpc) is 3.18. The number of benzene rings is 1. The fourth-order valence-corrected chi connectivity index (χ4v) is 3.32. The van der Waals surface area contributed by atoms with E-state index in [1.54, 1.807) is 35.2 Å². The Kier molecular flexibility index (Phi) is 6.84. The lowest BCUT2D eigenvalue weighted by atomic mass is 10.1. The first-order chi connectivity index (χ1) is 13.1. The van der Waals surface area contributed by atoms with E-state index in [2.05, 4.69) is 15.4 Å². The molecule has 144 valence electrons. The van der Waals surface area contributed by atoms with E-state index in [4.69, 9.17) is 16.1 Å². The second-order valence-corrected chi connectivity index (χ2v) is 7.01. The average molecular weight is 391 g/mol. The molecule has 2 heterocycles. The predicted octanol–water partition coefficient (Wildman–Crippen LogP) is 2.89. The largest absolute Gasteiger partial charge is 0.363 e. The molecule has 0 spiro atoms. The molecule has 0 saturated carbocycles. The Morgan fingerprint density at radius 2 is 2.04 bits per heavy atom. The van der Waals surface area contributed by atoms with Crippen molar-refractivity contribution < 1.29 is 14.1 Å². The smallest absolute Gasteiger partial charge is 0.254 e. The molecule has 1 aliphatic rings. The van der Waals surface area contributed by atoms with Crippen molar-refractivity contribution >= 4 is 29.2 Å². The summed E-state index contributed by atoms with van der Waals surface area (Å²) in [6.07, 6.45) is 4.98. The molecule has 1 N–H and O–H groups in total. The summed E-state index contributed by atoms with van der Waals surface area (Å²) >= 11 is 6.02. The first-order valence-electron chi connectivity index (χ1n) is 9.09. The van der Waals surface area contributed by atoms with Gasteiger partial charge in [0.2, 0.25) is 5.91 Å². The van der Waals surface area contributed by atoms with Crippen LogP contribution in [0.2, 0.25) is 5.02 Å². The van der Waals surface area contributed by atoms with Crippen LogP contribution in [0.3, 0.4) is 0 Å². The van der Waals surface area contributed by atoms with Crippen LogP contribution < -0.4 is 5.32 Å². The zero-order chi connectivity index (χ0) is 19.1. The van der Waals surface area contributed by atoms with Crippen molar-refractivity contribution in [1.82, 2.24) is 15.0 Å². The van der Waals surface area contributed by atoms with E-state index in [1.807, 2.05) is 0 Å². The van der Waals surface area contributed by atoms with Crippen molar-refractivity contribution in [2.45, 2.75) is 19.3 Å². The molecule has 1 aromatic heterocycles. The van der Waals surface area contributed by atoms with Crippen molar-refractivity contribution in [2.24, 2.45) is 0 Å². The lowest BCUT2D eigenvalue weighted by Gasteiger charge is -2.30. The molecule has 0 atom stereocenters. The maximum absolute atomic E-state index is 12.9. The van der Waals surface area contributed by atoms with Gasteiger partial charge in [-0.25, -0.2) is 0 Å². The maximum atomic E-state index is 12.9. The zero-order valence-electron chi connectivity index (χ0n) is 15.1. The number of nitrogens with zero attached hydrogens (tertiary/aromatic N) is 3. The third-order valence-corrected chi connectivity index (χ3v) is 4.77. The Bertz CT molecular complexity index is 760. The first-order valence-corrected chi connectivity index (χ1v) is 9.47. The van der Waals surface area contributed by atoms with E-state index in [0.29, 0.717) is 22.9 Å². The Balaban J connectivity index is 1.66. The van der Waals surface area contributed by atoms with Gasteiger partial charge in [-0.1, -0.05) is 29.2 Å². The van der Waals surface area contributed by atoms with Gasteiger partial charge in [0.05, 0.1) is 0 Å². The van der Waals surface area contributed by atoms with Gasteiger partial charge in [-0.2, -0.15) is 0 Å². The van der Waals surface area contributed by atoms with Gasteiger partial charge in [0.25, 0.3) is 5.91 Å². The molecule has 0 radical (unpaired) electrons. The molecular formula is C19H23ClN4O3. The van der Waals surface area contributed by atoms with Crippen LogP contribution in [0.1, 0.15) is 29.6 Å². The molecule has 3 rings (SSSR count). The van der Waals surface area contributed by atoms with Crippen LogP contribution in [0, 0.1) is 0 Å². The highest BCUT2D eigenvalue weighted by molar-refractivity contribution is 6.31. The Hall–Kier alpha value is -2.38. The minimum Gasteiger partial charge on any atom is -0.363 e. The molecule has 1 saturated heterocycles. The molecule has 0 bridgehead atoms. The molecule has 8 heteroatoms. The van der Waals surface area contributed by atoms with Crippen molar-refractivity contribution in [3.8, 4) is 0 Å². The topological polar surface area (TPSA) is 78.7 Å². The van der Waals surface area contributed by atoms with Gasteiger partial charge in [0, 0.05) is 29.7 Å². The quantitative estimate of drug-likeness (QED) is 0.786. The highest BCUT2D eigenvalue weighted by Gasteiger charge is 2.21. The lowest BCUT2D eigenvalue weighted by molar-refractivity contribution is -0.117. The van der Waals surface area contributed by atoms with Gasteiger partial charge in [-0.3, -0.25) is 9.59 Å². The normalized spacial score (nSPS) is 14.7. The minimum atomic E-state index is -0.321. The molecule has 1 aromatic carbocycles. The SMILES string of the molecule is O=C(CN(CCN1CCCCC1)C(=O)c1cccc(Cl)c1)Nc1ccon1. The molecule has 1 aliphatic heterocycles. The van der Waals surface area contributed by atoms with Gasteiger partial charge in [-0.05, 0) is 44.1 Å². The van der Waals surface area contributed by atoms with Crippen molar-refractivity contribution in [1.29, 1.82) is 0 Å². The van der Waals surface area contributed by atoms with Crippen LogP contribution in [-0.4, -0.2) is 59.5 Å². The Morgan fingerprint density at radius 1 is 1.22 bits per heavy atom. The number of halogens is 1. The number of rotatable bonds is 7. The maximum Gasteiger partial charge on any atom is 0.254 e. The standard InChI is InChI=1S/C19H23ClN4O3/c20-16-6-4-5-15(13-16)19(26)24(11-10-23-8-2-1-3-9-23)14-18(25)21-17-7-12-27-22-17/h4-7,12-13H,1-3,8-11,14H2,(H,21,22,25). The number of anilines is 1. The number of amides is 2. The van der Waals surface area contributed by atoms with Crippen LogP contribution >= 0.6 is 11.6 Å². The number of piperidine rings is 1. The van der Waals surface area contributed by atoms with Crippen molar-refractivity contribution in [3.05, 3.63) is 47.2 Å². The van der Waals surface area contributed by atoms with Crippen molar-refractivity contribution in [3.63, 3.8) is 0 Å². The third kappa shape index (κ3) is 5.80. The van der Waals surface area contributed by atoms with Crippen LogP contribution in [0.4, 0.5) is 5.82 Å². The van der Waals surface area contributed by atoms with Gasteiger partial charge in [-0.15, -0.1) is 0 Å². The summed E-state index contributed by atoms with van der Waals surface area (Å²) in [7, 11) is 0. The molecule has 2 aromatic rings. The second kappa shape index (κ2) is 9.53. The molecule has 0 unspecified atom stereocenters.